The zero-order valence-corrected chi connectivity index (χ0v) is 11.1. The maximum atomic E-state index is 11.3. The van der Waals surface area contributed by atoms with Gasteiger partial charge in [-0.25, -0.2) is 25.2 Å². The first-order chi connectivity index (χ1) is 9.56. The molecule has 1 aromatic carbocycles. The number of ether oxygens (including phenoxy) is 2. The van der Waals surface area contributed by atoms with Crippen molar-refractivity contribution in [2.45, 2.75) is 6.54 Å². The Morgan fingerprint density at radius 3 is 2.20 bits per heavy atom. The quantitative estimate of drug-likeness (QED) is 0.554. The third kappa shape index (κ3) is 4.84. The summed E-state index contributed by atoms with van der Waals surface area (Å²) in [6, 6.07) is 5.95. The molecule has 0 heterocycles. The molecule has 0 unspecified atom stereocenters. The lowest BCUT2D eigenvalue weighted by Crippen LogP contribution is -2.46. The number of methoxy groups -OCH3 is 2. The van der Waals surface area contributed by atoms with Crippen LogP contribution in [0.25, 0.3) is 0 Å². The summed E-state index contributed by atoms with van der Waals surface area (Å²) in [4.78, 5) is 33.2. The van der Waals surface area contributed by atoms with E-state index >= 15 is 0 Å². The molecular weight excluding hydrogens is 266 g/mol. The number of hydrazine groups is 1. The van der Waals surface area contributed by atoms with Gasteiger partial charge in [0.2, 0.25) is 0 Å². The van der Waals surface area contributed by atoms with Crippen LogP contribution in [0, 0.1) is 0 Å². The molecule has 3 amide bonds. The van der Waals surface area contributed by atoms with Crippen molar-refractivity contribution in [3.8, 4) is 0 Å². The summed E-state index contributed by atoms with van der Waals surface area (Å²) in [6.45, 7) is 0.232. The van der Waals surface area contributed by atoms with E-state index in [1.54, 1.807) is 24.3 Å². The largest absolute Gasteiger partial charge is 0.465 e. The van der Waals surface area contributed by atoms with Crippen LogP contribution in [0.5, 0.6) is 0 Å². The number of carbonyl (C=O) groups excluding carboxylic acids is 3. The molecule has 0 bridgehead atoms. The van der Waals surface area contributed by atoms with Crippen molar-refractivity contribution in [3.05, 3.63) is 35.4 Å². The number of hydrogen-bond acceptors (Lipinski definition) is 5. The molecule has 1 aromatic rings. The van der Waals surface area contributed by atoms with E-state index in [1.165, 1.54) is 14.2 Å². The molecule has 0 spiro atoms. The van der Waals surface area contributed by atoms with Crippen LogP contribution >= 0.6 is 0 Å². The molecule has 0 aliphatic carbocycles. The Hall–Kier alpha value is -2.77. The molecule has 0 saturated heterocycles. The van der Waals surface area contributed by atoms with Crippen molar-refractivity contribution in [1.29, 1.82) is 0 Å². The second-order valence-corrected chi connectivity index (χ2v) is 3.61. The molecule has 0 aromatic heterocycles. The van der Waals surface area contributed by atoms with Crippen LogP contribution in [0.1, 0.15) is 15.9 Å². The lowest BCUT2D eigenvalue weighted by molar-refractivity contribution is 0.0600. The molecule has 0 aliphatic rings. The van der Waals surface area contributed by atoms with Gasteiger partial charge in [-0.15, -0.1) is 0 Å². The number of benzene rings is 1. The number of amides is 3. The Morgan fingerprint density at radius 2 is 1.65 bits per heavy atom. The summed E-state index contributed by atoms with van der Waals surface area (Å²) in [7, 11) is 2.48. The molecule has 0 aliphatic heterocycles. The highest BCUT2D eigenvalue weighted by atomic mass is 16.5. The van der Waals surface area contributed by atoms with Crippen molar-refractivity contribution >= 4 is 18.1 Å². The Kier molecular flexibility index (Phi) is 5.82. The number of esters is 1. The van der Waals surface area contributed by atoms with Crippen LogP contribution in [0.3, 0.4) is 0 Å². The Bertz CT molecular complexity index is 486. The average molecular weight is 281 g/mol. The van der Waals surface area contributed by atoms with Crippen molar-refractivity contribution in [3.63, 3.8) is 0 Å². The van der Waals surface area contributed by atoms with E-state index in [0.29, 0.717) is 5.56 Å². The van der Waals surface area contributed by atoms with Crippen molar-refractivity contribution in [2.24, 2.45) is 0 Å². The second kappa shape index (κ2) is 7.62. The highest BCUT2D eigenvalue weighted by Gasteiger charge is 2.06. The van der Waals surface area contributed by atoms with Gasteiger partial charge in [-0.1, -0.05) is 12.1 Å². The van der Waals surface area contributed by atoms with Gasteiger partial charge in [-0.3, -0.25) is 0 Å². The standard InChI is InChI=1S/C12H15N3O5/c1-19-10(16)9-5-3-8(4-6-9)7-13-11(17)14-15-12(18)20-2/h3-6H,7H2,1-2H3,(H,15,18)(H2,13,14,17). The van der Waals surface area contributed by atoms with Gasteiger partial charge >= 0.3 is 18.1 Å². The van der Waals surface area contributed by atoms with Crippen molar-refractivity contribution in [1.82, 2.24) is 16.2 Å². The summed E-state index contributed by atoms with van der Waals surface area (Å²) in [5.74, 6) is -0.426. The van der Waals surface area contributed by atoms with Gasteiger partial charge in [0.1, 0.15) is 0 Å². The Labute approximate surface area is 115 Å². The third-order valence-corrected chi connectivity index (χ3v) is 2.29. The molecule has 3 N–H and O–H groups in total. The lowest BCUT2D eigenvalue weighted by atomic mass is 10.1. The third-order valence-electron chi connectivity index (χ3n) is 2.29. The molecule has 8 heteroatoms. The van der Waals surface area contributed by atoms with Crippen molar-refractivity contribution < 1.29 is 23.9 Å². The SMILES string of the molecule is COC(=O)NNC(=O)NCc1ccc(C(=O)OC)cc1. The van der Waals surface area contributed by atoms with Gasteiger partial charge in [0, 0.05) is 6.54 Å². The molecule has 0 atom stereocenters. The maximum Gasteiger partial charge on any atom is 0.425 e. The summed E-state index contributed by atoms with van der Waals surface area (Å²) in [5.41, 5.74) is 5.32. The molecule has 0 saturated carbocycles. The number of rotatable bonds is 3. The smallest absolute Gasteiger partial charge is 0.425 e. The minimum atomic E-state index is -0.775. The minimum Gasteiger partial charge on any atom is -0.465 e. The van der Waals surface area contributed by atoms with E-state index in [9.17, 15) is 14.4 Å². The maximum absolute atomic E-state index is 11.3. The van der Waals surface area contributed by atoms with E-state index in [-0.39, 0.29) is 6.54 Å². The van der Waals surface area contributed by atoms with E-state index in [4.69, 9.17) is 0 Å². The highest BCUT2D eigenvalue weighted by Crippen LogP contribution is 2.05. The zero-order valence-electron chi connectivity index (χ0n) is 11.1. The Morgan fingerprint density at radius 1 is 1.00 bits per heavy atom. The minimum absolute atomic E-state index is 0.232. The fourth-order valence-electron chi connectivity index (χ4n) is 1.26. The van der Waals surface area contributed by atoms with Gasteiger partial charge in [-0.05, 0) is 17.7 Å². The summed E-state index contributed by atoms with van der Waals surface area (Å²) >= 11 is 0. The summed E-state index contributed by atoms with van der Waals surface area (Å²) in [5, 5.41) is 2.50. The van der Waals surface area contributed by atoms with Gasteiger partial charge in [0.25, 0.3) is 0 Å². The highest BCUT2D eigenvalue weighted by molar-refractivity contribution is 5.89. The van der Waals surface area contributed by atoms with Gasteiger partial charge in [0.15, 0.2) is 0 Å². The normalized spacial score (nSPS) is 9.30. The monoisotopic (exact) mass is 281 g/mol. The first-order valence-corrected chi connectivity index (χ1v) is 5.62. The zero-order chi connectivity index (χ0) is 15.0. The number of carbonyl (C=O) groups is 3. The average Bonchev–Trinajstić information content (AvgIpc) is 2.50. The lowest BCUT2D eigenvalue weighted by Gasteiger charge is -2.08. The van der Waals surface area contributed by atoms with Gasteiger partial charge in [-0.2, -0.15) is 0 Å². The molecular formula is C12H15N3O5. The van der Waals surface area contributed by atoms with Crippen molar-refractivity contribution in [2.75, 3.05) is 14.2 Å². The van der Waals surface area contributed by atoms with Crippen LogP contribution in [-0.4, -0.2) is 32.3 Å². The number of nitrogens with one attached hydrogen (secondary N) is 3. The predicted octanol–water partition coefficient (Wildman–Crippen LogP) is 0.543. The second-order valence-electron chi connectivity index (χ2n) is 3.61. The fourth-order valence-corrected chi connectivity index (χ4v) is 1.26. The van der Waals surface area contributed by atoms with E-state index in [1.807, 2.05) is 5.43 Å². The molecule has 0 fully saturated rings. The van der Waals surface area contributed by atoms with E-state index in [0.717, 1.165) is 5.56 Å². The molecule has 0 radical (unpaired) electrons. The first kappa shape index (κ1) is 15.3. The van der Waals surface area contributed by atoms with Crippen LogP contribution in [0.2, 0.25) is 0 Å². The molecule has 20 heavy (non-hydrogen) atoms. The number of hydrogen-bond donors (Lipinski definition) is 3. The Balaban J connectivity index is 2.40. The topological polar surface area (TPSA) is 106 Å². The molecule has 8 nitrogen and oxygen atoms in total. The van der Waals surface area contributed by atoms with Crippen LogP contribution in [0.15, 0.2) is 24.3 Å². The van der Waals surface area contributed by atoms with E-state index < -0.39 is 18.1 Å². The van der Waals surface area contributed by atoms with Gasteiger partial charge < -0.3 is 14.8 Å². The molecule has 1 rings (SSSR count). The van der Waals surface area contributed by atoms with Crippen LogP contribution in [0.4, 0.5) is 9.59 Å². The fraction of sp³-hybridized carbons (Fsp3) is 0.250. The number of urea groups is 1. The first-order valence-electron chi connectivity index (χ1n) is 5.62. The van der Waals surface area contributed by atoms with E-state index in [2.05, 4.69) is 20.2 Å². The predicted molar refractivity (Wildman–Crippen MR) is 68.7 cm³/mol. The van der Waals surface area contributed by atoms with Crippen LogP contribution in [-0.2, 0) is 16.0 Å². The summed E-state index contributed by atoms with van der Waals surface area (Å²) < 4.78 is 8.84. The van der Waals surface area contributed by atoms with Crippen LogP contribution < -0.4 is 16.2 Å². The molecule has 108 valence electrons. The van der Waals surface area contributed by atoms with Gasteiger partial charge in [0.05, 0.1) is 19.8 Å². The summed E-state index contributed by atoms with van der Waals surface area (Å²) in [6.07, 6.45) is -0.775.